The van der Waals surface area contributed by atoms with Crippen LogP contribution in [0.4, 0.5) is 4.39 Å². The smallest absolute Gasteiger partial charge is 0.126 e. The van der Waals surface area contributed by atoms with Crippen molar-refractivity contribution in [1.82, 2.24) is 4.98 Å². The van der Waals surface area contributed by atoms with Crippen LogP contribution in [-0.4, -0.2) is 4.98 Å². The minimum absolute atomic E-state index is 0.205. The molecule has 20 heavy (non-hydrogen) atoms. The highest BCUT2D eigenvalue weighted by Gasteiger charge is 2.11. The lowest BCUT2D eigenvalue weighted by molar-refractivity contribution is 0.617. The Morgan fingerprint density at radius 2 is 1.80 bits per heavy atom. The van der Waals surface area contributed by atoms with E-state index in [0.29, 0.717) is 5.56 Å². The summed E-state index contributed by atoms with van der Waals surface area (Å²) >= 11 is 0. The van der Waals surface area contributed by atoms with Crippen LogP contribution in [0.25, 0.3) is 10.9 Å². The Bertz CT molecular complexity index is 768. The van der Waals surface area contributed by atoms with E-state index in [-0.39, 0.29) is 11.9 Å². The van der Waals surface area contributed by atoms with Crippen molar-refractivity contribution in [3.05, 3.63) is 77.2 Å². The highest BCUT2D eigenvalue weighted by Crippen LogP contribution is 2.24. The molecule has 2 nitrogen and oxygen atoms in total. The molecule has 0 fully saturated rings. The topological polar surface area (TPSA) is 38.9 Å². The molecule has 3 heteroatoms. The summed E-state index contributed by atoms with van der Waals surface area (Å²) in [6, 6.07) is 14.6. The fourth-order valence-corrected chi connectivity index (χ4v) is 2.34. The van der Waals surface area contributed by atoms with Crippen molar-refractivity contribution in [1.29, 1.82) is 0 Å². The Hall–Kier alpha value is -2.26. The first-order valence-corrected chi connectivity index (χ1v) is 6.51. The van der Waals surface area contributed by atoms with Gasteiger partial charge in [0, 0.05) is 11.6 Å². The molecular formula is C17H15FN2. The van der Waals surface area contributed by atoms with Crippen molar-refractivity contribution >= 4 is 10.9 Å². The highest BCUT2D eigenvalue weighted by molar-refractivity contribution is 5.79. The van der Waals surface area contributed by atoms with Crippen LogP contribution in [0.2, 0.25) is 0 Å². The third-order valence-electron chi connectivity index (χ3n) is 3.53. The lowest BCUT2D eigenvalue weighted by Gasteiger charge is -2.14. The minimum Gasteiger partial charge on any atom is -0.320 e. The first-order valence-electron chi connectivity index (χ1n) is 6.51. The van der Waals surface area contributed by atoms with Crippen LogP contribution < -0.4 is 5.73 Å². The summed E-state index contributed by atoms with van der Waals surface area (Å²) < 4.78 is 13.3. The van der Waals surface area contributed by atoms with Gasteiger partial charge < -0.3 is 5.73 Å². The van der Waals surface area contributed by atoms with Gasteiger partial charge in [-0.1, -0.05) is 24.3 Å². The zero-order chi connectivity index (χ0) is 14.1. The molecule has 0 spiro atoms. The van der Waals surface area contributed by atoms with Gasteiger partial charge in [0.05, 0.1) is 11.6 Å². The lowest BCUT2D eigenvalue weighted by atomic mass is 9.97. The highest BCUT2D eigenvalue weighted by atomic mass is 19.1. The van der Waals surface area contributed by atoms with Gasteiger partial charge in [0.1, 0.15) is 5.82 Å². The zero-order valence-electron chi connectivity index (χ0n) is 11.2. The number of hydrogen-bond acceptors (Lipinski definition) is 2. The molecule has 0 radical (unpaired) electrons. The lowest BCUT2D eigenvalue weighted by Crippen LogP contribution is -2.12. The second-order valence-corrected chi connectivity index (χ2v) is 4.94. The average molecular weight is 266 g/mol. The Labute approximate surface area is 117 Å². The van der Waals surface area contributed by atoms with Gasteiger partial charge in [-0.2, -0.15) is 0 Å². The number of rotatable bonds is 2. The molecule has 0 saturated carbocycles. The number of benzene rings is 2. The van der Waals surface area contributed by atoms with Gasteiger partial charge >= 0.3 is 0 Å². The Morgan fingerprint density at radius 1 is 1.05 bits per heavy atom. The van der Waals surface area contributed by atoms with Crippen LogP contribution >= 0.6 is 0 Å². The van der Waals surface area contributed by atoms with Crippen LogP contribution in [0.3, 0.4) is 0 Å². The minimum atomic E-state index is -0.265. The van der Waals surface area contributed by atoms with E-state index in [1.807, 2.05) is 30.3 Å². The number of nitrogens with zero attached hydrogens (tertiary/aromatic N) is 1. The number of fused-ring (bicyclic) bond motifs is 1. The summed E-state index contributed by atoms with van der Waals surface area (Å²) in [6.07, 6.45) is 1.77. The fraction of sp³-hybridized carbons (Fsp3) is 0.118. The van der Waals surface area contributed by atoms with E-state index in [1.165, 1.54) is 6.07 Å². The average Bonchev–Trinajstić information content (AvgIpc) is 2.49. The maximum atomic E-state index is 13.3. The Balaban J connectivity index is 2.02. The van der Waals surface area contributed by atoms with Gasteiger partial charge in [-0.05, 0) is 47.9 Å². The number of hydrogen-bond donors (Lipinski definition) is 1. The van der Waals surface area contributed by atoms with E-state index in [1.54, 1.807) is 25.3 Å². The molecule has 0 saturated heterocycles. The normalized spacial score (nSPS) is 12.6. The van der Waals surface area contributed by atoms with E-state index in [2.05, 4.69) is 4.98 Å². The molecule has 0 aliphatic carbocycles. The second-order valence-electron chi connectivity index (χ2n) is 4.94. The molecule has 100 valence electrons. The third kappa shape index (κ3) is 2.28. The Kier molecular flexibility index (Phi) is 3.20. The summed E-state index contributed by atoms with van der Waals surface area (Å²) in [5, 5.41) is 1.05. The monoisotopic (exact) mass is 266 g/mol. The number of aryl methyl sites for hydroxylation is 1. The van der Waals surface area contributed by atoms with Crippen molar-refractivity contribution < 1.29 is 4.39 Å². The summed E-state index contributed by atoms with van der Waals surface area (Å²) in [5.74, 6) is -0.205. The van der Waals surface area contributed by atoms with Crippen molar-refractivity contribution in [2.24, 2.45) is 5.73 Å². The summed E-state index contributed by atoms with van der Waals surface area (Å²) in [6.45, 7) is 1.75. The molecule has 0 aliphatic heterocycles. The molecule has 3 rings (SSSR count). The second kappa shape index (κ2) is 5.02. The molecule has 0 bridgehead atoms. The number of aromatic nitrogens is 1. The molecule has 2 aromatic carbocycles. The van der Waals surface area contributed by atoms with Crippen LogP contribution in [-0.2, 0) is 0 Å². The van der Waals surface area contributed by atoms with E-state index in [0.717, 1.165) is 22.0 Å². The molecule has 3 aromatic rings. The maximum Gasteiger partial charge on any atom is 0.126 e. The third-order valence-corrected chi connectivity index (χ3v) is 3.53. The maximum absolute atomic E-state index is 13.3. The predicted molar refractivity (Wildman–Crippen MR) is 78.9 cm³/mol. The van der Waals surface area contributed by atoms with Crippen LogP contribution in [0.5, 0.6) is 0 Å². The van der Waals surface area contributed by atoms with Crippen LogP contribution in [0.15, 0.2) is 54.7 Å². The van der Waals surface area contributed by atoms with Crippen molar-refractivity contribution in [2.75, 3.05) is 0 Å². The molecule has 0 aliphatic rings. The molecule has 1 unspecified atom stereocenters. The molecule has 1 aromatic heterocycles. The number of halogens is 1. The fourth-order valence-electron chi connectivity index (χ4n) is 2.34. The molecule has 0 amide bonds. The molecular weight excluding hydrogens is 251 g/mol. The van der Waals surface area contributed by atoms with E-state index in [4.69, 9.17) is 5.73 Å². The van der Waals surface area contributed by atoms with Gasteiger partial charge in [-0.15, -0.1) is 0 Å². The van der Waals surface area contributed by atoms with E-state index >= 15 is 0 Å². The van der Waals surface area contributed by atoms with Gasteiger partial charge in [0.15, 0.2) is 0 Å². The van der Waals surface area contributed by atoms with Crippen molar-refractivity contribution in [2.45, 2.75) is 13.0 Å². The number of pyridine rings is 1. The SMILES string of the molecule is Cc1cc(C(N)c2ccc3ncccc3c2)ccc1F. The first-order chi connectivity index (χ1) is 9.65. The van der Waals surface area contributed by atoms with Gasteiger partial charge in [-0.25, -0.2) is 4.39 Å². The van der Waals surface area contributed by atoms with Gasteiger partial charge in [0.2, 0.25) is 0 Å². The molecule has 1 heterocycles. The van der Waals surface area contributed by atoms with Gasteiger partial charge in [-0.3, -0.25) is 4.98 Å². The largest absolute Gasteiger partial charge is 0.320 e. The summed E-state index contributed by atoms with van der Waals surface area (Å²) in [5.41, 5.74) is 9.74. The molecule has 1 atom stereocenters. The van der Waals surface area contributed by atoms with Crippen molar-refractivity contribution in [3.8, 4) is 0 Å². The van der Waals surface area contributed by atoms with E-state index < -0.39 is 0 Å². The van der Waals surface area contributed by atoms with E-state index in [9.17, 15) is 4.39 Å². The van der Waals surface area contributed by atoms with Crippen LogP contribution in [0.1, 0.15) is 22.7 Å². The summed E-state index contributed by atoms with van der Waals surface area (Å²) in [7, 11) is 0. The van der Waals surface area contributed by atoms with Crippen LogP contribution in [0, 0.1) is 12.7 Å². The number of nitrogens with two attached hydrogens (primary N) is 1. The van der Waals surface area contributed by atoms with Gasteiger partial charge in [0.25, 0.3) is 0 Å². The standard InChI is InChI=1S/C17H15FN2/c1-11-9-13(4-6-15(11)18)17(19)14-5-7-16-12(10-14)3-2-8-20-16/h2-10,17H,19H2,1H3. The summed E-state index contributed by atoms with van der Waals surface area (Å²) in [4.78, 5) is 4.29. The Morgan fingerprint density at radius 3 is 2.60 bits per heavy atom. The zero-order valence-corrected chi connectivity index (χ0v) is 11.2. The molecule has 2 N–H and O–H groups in total. The quantitative estimate of drug-likeness (QED) is 0.767. The predicted octanol–water partition coefficient (Wildman–Crippen LogP) is 3.73. The first kappa shape index (κ1) is 12.8. The van der Waals surface area contributed by atoms with Crippen molar-refractivity contribution in [3.63, 3.8) is 0 Å².